The van der Waals surface area contributed by atoms with Crippen molar-refractivity contribution in [3.05, 3.63) is 35.7 Å². The Hall–Kier alpha value is -1.91. The molecule has 0 unspecified atom stereocenters. The van der Waals surface area contributed by atoms with E-state index in [0.29, 0.717) is 5.76 Å². The number of aromatic nitrogens is 1. The van der Waals surface area contributed by atoms with Gasteiger partial charge in [-0.2, -0.15) is 0 Å². The summed E-state index contributed by atoms with van der Waals surface area (Å²) in [7, 11) is 0. The first-order valence-corrected chi connectivity index (χ1v) is 4.25. The van der Waals surface area contributed by atoms with Crippen molar-refractivity contribution in [2.75, 3.05) is 5.73 Å². The average Bonchev–Trinajstić information content (AvgIpc) is 2.58. The summed E-state index contributed by atoms with van der Waals surface area (Å²) < 4.78 is 31.6. The molecule has 2 aromatic rings. The molecule has 15 heavy (non-hydrogen) atoms. The van der Waals surface area contributed by atoms with Crippen LogP contribution in [-0.4, -0.2) is 4.98 Å². The monoisotopic (exact) mass is 210 g/mol. The number of anilines is 1. The lowest BCUT2D eigenvalue weighted by Crippen LogP contribution is -1.95. The second-order valence-corrected chi connectivity index (χ2v) is 3.13. The van der Waals surface area contributed by atoms with Crippen molar-refractivity contribution in [2.45, 2.75) is 6.92 Å². The summed E-state index contributed by atoms with van der Waals surface area (Å²) in [5.74, 6) is -0.804. The number of nitrogens with two attached hydrogens (primary N) is 1. The van der Waals surface area contributed by atoms with Gasteiger partial charge >= 0.3 is 0 Å². The van der Waals surface area contributed by atoms with E-state index < -0.39 is 11.6 Å². The molecule has 0 atom stereocenters. The Bertz CT molecular complexity index is 508. The van der Waals surface area contributed by atoms with Crippen LogP contribution in [0.3, 0.4) is 0 Å². The predicted molar refractivity (Wildman–Crippen MR) is 51.0 cm³/mol. The van der Waals surface area contributed by atoms with Gasteiger partial charge in [0.05, 0.1) is 17.4 Å². The molecule has 0 radical (unpaired) electrons. The van der Waals surface area contributed by atoms with Gasteiger partial charge in [-0.1, -0.05) is 0 Å². The van der Waals surface area contributed by atoms with E-state index in [9.17, 15) is 8.78 Å². The van der Waals surface area contributed by atoms with Crippen LogP contribution >= 0.6 is 0 Å². The maximum Gasteiger partial charge on any atom is 0.229 e. The Morgan fingerprint density at radius 2 is 2.07 bits per heavy atom. The van der Waals surface area contributed by atoms with Crippen molar-refractivity contribution in [3.63, 3.8) is 0 Å². The number of oxazole rings is 1. The van der Waals surface area contributed by atoms with Crippen molar-refractivity contribution >= 4 is 5.69 Å². The van der Waals surface area contributed by atoms with Gasteiger partial charge < -0.3 is 10.2 Å². The number of rotatable bonds is 1. The maximum absolute atomic E-state index is 13.5. The molecule has 0 aliphatic carbocycles. The lowest BCUT2D eigenvalue weighted by molar-refractivity contribution is 0.532. The van der Waals surface area contributed by atoms with Gasteiger partial charge in [0.15, 0.2) is 5.82 Å². The molecule has 3 nitrogen and oxygen atoms in total. The molecule has 78 valence electrons. The predicted octanol–water partition coefficient (Wildman–Crippen LogP) is 2.51. The van der Waals surface area contributed by atoms with E-state index >= 15 is 0 Å². The number of halogens is 2. The Labute approximate surface area is 84.5 Å². The zero-order valence-electron chi connectivity index (χ0n) is 7.92. The molecule has 2 rings (SSSR count). The summed E-state index contributed by atoms with van der Waals surface area (Å²) in [6.07, 6.45) is 1.43. The number of hydrogen-bond acceptors (Lipinski definition) is 3. The molecule has 0 fully saturated rings. The number of nitrogen functional groups attached to an aromatic ring is 1. The fraction of sp³-hybridized carbons (Fsp3) is 0.100. The van der Waals surface area contributed by atoms with Gasteiger partial charge in [-0.3, -0.25) is 0 Å². The third-order valence-electron chi connectivity index (χ3n) is 1.92. The van der Waals surface area contributed by atoms with Crippen molar-refractivity contribution in [3.8, 4) is 11.5 Å². The number of nitrogens with zero attached hydrogens (tertiary/aromatic N) is 1. The van der Waals surface area contributed by atoms with Crippen molar-refractivity contribution in [1.29, 1.82) is 0 Å². The van der Waals surface area contributed by atoms with Crippen LogP contribution < -0.4 is 5.73 Å². The fourth-order valence-electron chi connectivity index (χ4n) is 1.25. The third kappa shape index (κ3) is 1.68. The lowest BCUT2D eigenvalue weighted by atomic mass is 10.2. The molecule has 0 aliphatic rings. The summed E-state index contributed by atoms with van der Waals surface area (Å²) in [5, 5.41) is 0. The van der Waals surface area contributed by atoms with E-state index in [1.165, 1.54) is 6.20 Å². The van der Waals surface area contributed by atoms with Gasteiger partial charge in [0.25, 0.3) is 0 Å². The molecule has 0 saturated heterocycles. The van der Waals surface area contributed by atoms with Crippen LogP contribution in [0.25, 0.3) is 11.5 Å². The lowest BCUT2D eigenvalue weighted by Gasteiger charge is -2.01. The van der Waals surface area contributed by atoms with Crippen LogP contribution in [0.2, 0.25) is 0 Å². The first-order valence-electron chi connectivity index (χ1n) is 4.25. The first kappa shape index (κ1) is 9.64. The number of aryl methyl sites for hydroxylation is 1. The highest BCUT2D eigenvalue weighted by atomic mass is 19.1. The molecular weight excluding hydrogens is 202 g/mol. The van der Waals surface area contributed by atoms with Gasteiger partial charge in [0.1, 0.15) is 11.6 Å². The molecule has 5 heteroatoms. The van der Waals surface area contributed by atoms with E-state index in [1.807, 2.05) is 0 Å². The van der Waals surface area contributed by atoms with E-state index in [1.54, 1.807) is 6.92 Å². The summed E-state index contributed by atoms with van der Waals surface area (Å²) in [4.78, 5) is 3.80. The smallest absolute Gasteiger partial charge is 0.229 e. The first-order chi connectivity index (χ1) is 7.08. The second-order valence-electron chi connectivity index (χ2n) is 3.13. The Kier molecular flexibility index (Phi) is 2.15. The van der Waals surface area contributed by atoms with Gasteiger partial charge in [-0.05, 0) is 19.1 Å². The van der Waals surface area contributed by atoms with Crippen LogP contribution in [0, 0.1) is 18.6 Å². The minimum absolute atomic E-state index is 0.0243. The highest BCUT2D eigenvalue weighted by Crippen LogP contribution is 2.27. The summed E-state index contributed by atoms with van der Waals surface area (Å²) >= 11 is 0. The van der Waals surface area contributed by atoms with Crippen LogP contribution in [-0.2, 0) is 0 Å². The molecule has 0 spiro atoms. The quantitative estimate of drug-likeness (QED) is 0.736. The Morgan fingerprint density at radius 1 is 1.33 bits per heavy atom. The molecule has 0 bridgehead atoms. The van der Waals surface area contributed by atoms with E-state index in [-0.39, 0.29) is 17.1 Å². The Morgan fingerprint density at radius 3 is 2.67 bits per heavy atom. The molecule has 1 heterocycles. The van der Waals surface area contributed by atoms with Gasteiger partial charge in [0, 0.05) is 0 Å². The van der Waals surface area contributed by atoms with Crippen LogP contribution in [0.4, 0.5) is 14.5 Å². The molecule has 2 N–H and O–H groups in total. The molecule has 0 saturated carbocycles. The highest BCUT2D eigenvalue weighted by molar-refractivity contribution is 5.61. The average molecular weight is 210 g/mol. The van der Waals surface area contributed by atoms with E-state index in [0.717, 1.165) is 12.1 Å². The van der Waals surface area contributed by atoms with Gasteiger partial charge in [0.2, 0.25) is 5.89 Å². The molecule has 1 aromatic heterocycles. The normalized spacial score (nSPS) is 10.6. The molecule has 1 aromatic carbocycles. The maximum atomic E-state index is 13.5. The second kappa shape index (κ2) is 3.34. The van der Waals surface area contributed by atoms with Gasteiger partial charge in [-0.15, -0.1) is 0 Å². The summed E-state index contributed by atoms with van der Waals surface area (Å²) in [6.45, 7) is 1.66. The fourth-order valence-corrected chi connectivity index (χ4v) is 1.25. The van der Waals surface area contributed by atoms with E-state index in [2.05, 4.69) is 4.98 Å². The minimum atomic E-state index is -0.724. The molecule has 0 amide bonds. The standard InChI is InChI=1S/C10H8F2N2O/c1-5-4-14-10(15-5)7-2-6(11)3-8(13)9(7)12/h2-4H,13H2,1H3. The van der Waals surface area contributed by atoms with Crippen LogP contribution in [0.5, 0.6) is 0 Å². The molecule has 0 aliphatic heterocycles. The van der Waals surface area contributed by atoms with Crippen LogP contribution in [0.15, 0.2) is 22.7 Å². The number of hydrogen-bond donors (Lipinski definition) is 1. The SMILES string of the molecule is Cc1cnc(-c2cc(F)cc(N)c2F)o1. The van der Waals surface area contributed by atoms with Crippen molar-refractivity contribution < 1.29 is 13.2 Å². The summed E-state index contributed by atoms with van der Waals surface area (Å²) in [6, 6.07) is 1.91. The van der Waals surface area contributed by atoms with Crippen LogP contribution in [0.1, 0.15) is 5.76 Å². The Balaban J connectivity index is 2.62. The topological polar surface area (TPSA) is 52.0 Å². The highest BCUT2D eigenvalue weighted by Gasteiger charge is 2.14. The van der Waals surface area contributed by atoms with Gasteiger partial charge in [-0.25, -0.2) is 13.8 Å². The van der Waals surface area contributed by atoms with Crippen molar-refractivity contribution in [1.82, 2.24) is 4.98 Å². The van der Waals surface area contributed by atoms with E-state index in [4.69, 9.17) is 10.2 Å². The zero-order valence-corrected chi connectivity index (χ0v) is 7.92. The minimum Gasteiger partial charge on any atom is -0.441 e. The molecular formula is C10H8F2N2O. The number of benzene rings is 1. The zero-order chi connectivity index (χ0) is 11.0. The van der Waals surface area contributed by atoms with Crippen molar-refractivity contribution in [2.24, 2.45) is 0 Å². The largest absolute Gasteiger partial charge is 0.441 e. The third-order valence-corrected chi connectivity index (χ3v) is 1.92. The summed E-state index contributed by atoms with van der Waals surface area (Å²) in [5.41, 5.74) is 4.95.